The number of β-lactam (4-membered cyclic amide) rings is 1. The molecule has 0 aliphatic carbocycles. The van der Waals surface area contributed by atoms with E-state index in [1.54, 1.807) is 24.3 Å². The lowest BCUT2D eigenvalue weighted by Gasteiger charge is -2.47. The van der Waals surface area contributed by atoms with Crippen LogP contribution >= 0.6 is 23.2 Å². The van der Waals surface area contributed by atoms with E-state index in [0.717, 1.165) is 29.2 Å². The Kier molecular flexibility index (Phi) is 6.81. The Bertz CT molecular complexity index is 1040. The van der Waals surface area contributed by atoms with Gasteiger partial charge in [-0.25, -0.2) is 0 Å². The average Bonchev–Trinajstić information content (AvgIpc) is 2.77. The number of hydrogen-bond donors (Lipinski definition) is 1. The first kappa shape index (κ1) is 21.7. The lowest BCUT2D eigenvalue weighted by atomic mass is 9.95. The Morgan fingerprint density at radius 2 is 1.58 bits per heavy atom. The zero-order valence-corrected chi connectivity index (χ0v) is 18.7. The van der Waals surface area contributed by atoms with Gasteiger partial charge in [0.25, 0.3) is 5.91 Å². The monoisotopic (exact) mass is 454 g/mol. The molecular weight excluding hydrogens is 431 g/mol. The van der Waals surface area contributed by atoms with Crippen molar-refractivity contribution < 1.29 is 9.53 Å². The number of nitrogens with zero attached hydrogens (tertiary/aromatic N) is 1. The molecule has 4 rings (SSSR count). The van der Waals surface area contributed by atoms with Crippen LogP contribution in [0.4, 0.5) is 5.69 Å². The van der Waals surface area contributed by atoms with E-state index in [4.69, 9.17) is 27.9 Å². The topological polar surface area (TPSA) is 41.6 Å². The summed E-state index contributed by atoms with van der Waals surface area (Å²) in [6.45, 7) is 3.44. The highest BCUT2D eigenvalue weighted by molar-refractivity contribution is 6.30. The molecule has 1 aliphatic heterocycles. The minimum Gasteiger partial charge on any atom is -0.478 e. The van der Waals surface area contributed by atoms with Gasteiger partial charge in [0, 0.05) is 22.3 Å². The molecule has 3 aromatic rings. The van der Waals surface area contributed by atoms with Crippen molar-refractivity contribution in [3.63, 3.8) is 0 Å². The van der Waals surface area contributed by atoms with Crippen LogP contribution in [0.2, 0.25) is 10.0 Å². The molecule has 1 fully saturated rings. The van der Waals surface area contributed by atoms with Gasteiger partial charge in [0.1, 0.15) is 5.75 Å². The normalized spacial score (nSPS) is 18.0. The van der Waals surface area contributed by atoms with Crippen LogP contribution in [-0.2, 0) is 11.2 Å². The maximum Gasteiger partial charge on any atom is 0.270 e. The third kappa shape index (κ3) is 5.04. The van der Waals surface area contributed by atoms with Gasteiger partial charge in [0.05, 0.1) is 6.04 Å². The quantitative estimate of drug-likeness (QED) is 0.371. The van der Waals surface area contributed by atoms with Gasteiger partial charge in [-0.05, 0) is 73.5 Å². The summed E-state index contributed by atoms with van der Waals surface area (Å²) in [5, 5.41) is 4.86. The second kappa shape index (κ2) is 9.73. The SMILES string of the molecule is Cc1ccccc1N1C(=O)[C@@H](Oc2ccc(Cl)cc2)[C@@H]1CNCCc1ccc(Cl)cc1. The number of rotatable bonds is 8. The molecule has 2 atom stereocenters. The number of hydrogen-bond acceptors (Lipinski definition) is 3. The number of amides is 1. The van der Waals surface area contributed by atoms with E-state index in [1.165, 1.54) is 5.56 Å². The average molecular weight is 455 g/mol. The van der Waals surface area contributed by atoms with Crippen LogP contribution in [0.3, 0.4) is 0 Å². The van der Waals surface area contributed by atoms with Gasteiger partial charge < -0.3 is 15.0 Å². The molecular formula is C25H24Cl2N2O2. The maximum absolute atomic E-state index is 13.0. The number of nitrogens with one attached hydrogen (secondary N) is 1. The zero-order valence-electron chi connectivity index (χ0n) is 17.2. The van der Waals surface area contributed by atoms with Crippen LogP contribution in [0.15, 0.2) is 72.8 Å². The van der Waals surface area contributed by atoms with Gasteiger partial charge >= 0.3 is 0 Å². The summed E-state index contributed by atoms with van der Waals surface area (Å²) in [4.78, 5) is 14.9. The maximum atomic E-state index is 13.0. The molecule has 0 aromatic heterocycles. The predicted octanol–water partition coefficient (Wildman–Crippen LogP) is 5.30. The highest BCUT2D eigenvalue weighted by Crippen LogP contribution is 2.33. The summed E-state index contributed by atoms with van der Waals surface area (Å²) < 4.78 is 6.05. The van der Waals surface area contributed by atoms with E-state index in [9.17, 15) is 4.79 Å². The molecule has 31 heavy (non-hydrogen) atoms. The van der Waals surface area contributed by atoms with Crippen molar-refractivity contribution in [3.05, 3.63) is 94.0 Å². The summed E-state index contributed by atoms with van der Waals surface area (Å²) in [6, 6.07) is 22.8. The van der Waals surface area contributed by atoms with Crippen molar-refractivity contribution in [3.8, 4) is 5.75 Å². The summed E-state index contributed by atoms with van der Waals surface area (Å²) in [5.41, 5.74) is 3.20. The van der Waals surface area contributed by atoms with Crippen LogP contribution in [0.5, 0.6) is 5.75 Å². The fraction of sp³-hybridized carbons (Fsp3) is 0.240. The van der Waals surface area contributed by atoms with Crippen molar-refractivity contribution in [2.24, 2.45) is 0 Å². The van der Waals surface area contributed by atoms with Crippen molar-refractivity contribution in [2.75, 3.05) is 18.0 Å². The first-order valence-electron chi connectivity index (χ1n) is 10.3. The predicted molar refractivity (Wildman–Crippen MR) is 126 cm³/mol. The van der Waals surface area contributed by atoms with Crippen molar-refractivity contribution >= 4 is 34.8 Å². The second-order valence-electron chi connectivity index (χ2n) is 7.64. The van der Waals surface area contributed by atoms with Crippen molar-refractivity contribution in [1.29, 1.82) is 0 Å². The summed E-state index contributed by atoms with van der Waals surface area (Å²) in [5.74, 6) is 0.604. The second-order valence-corrected chi connectivity index (χ2v) is 8.51. The summed E-state index contributed by atoms with van der Waals surface area (Å²) in [7, 11) is 0. The fourth-order valence-corrected chi connectivity index (χ4v) is 4.02. The lowest BCUT2D eigenvalue weighted by molar-refractivity contribution is -0.134. The number of halogens is 2. The molecule has 6 heteroatoms. The Balaban J connectivity index is 1.44. The van der Waals surface area contributed by atoms with E-state index in [0.29, 0.717) is 17.3 Å². The van der Waals surface area contributed by atoms with E-state index in [-0.39, 0.29) is 11.9 Å². The summed E-state index contributed by atoms with van der Waals surface area (Å²) >= 11 is 11.9. The molecule has 1 amide bonds. The van der Waals surface area contributed by atoms with Gasteiger partial charge in [0.2, 0.25) is 0 Å². The molecule has 160 valence electrons. The standard InChI is InChI=1S/C25H24Cl2N2O2/c1-17-4-2-3-5-22(17)29-23(16-28-15-14-18-6-8-19(26)9-7-18)24(25(29)30)31-21-12-10-20(27)11-13-21/h2-13,23-24,28H,14-16H2,1H3/t23-,24-/m0/s1. The van der Waals surface area contributed by atoms with E-state index in [2.05, 4.69) is 5.32 Å². The van der Waals surface area contributed by atoms with E-state index < -0.39 is 6.10 Å². The molecule has 0 radical (unpaired) electrons. The minimum absolute atomic E-state index is 0.0336. The molecule has 0 saturated carbocycles. The van der Waals surface area contributed by atoms with Crippen LogP contribution in [0.1, 0.15) is 11.1 Å². The molecule has 4 nitrogen and oxygen atoms in total. The molecule has 0 unspecified atom stereocenters. The number of ether oxygens (including phenoxy) is 1. The number of aryl methyl sites for hydroxylation is 1. The lowest BCUT2D eigenvalue weighted by Crippen LogP contribution is -2.70. The van der Waals surface area contributed by atoms with Gasteiger partial charge in [-0.15, -0.1) is 0 Å². The van der Waals surface area contributed by atoms with Crippen molar-refractivity contribution in [1.82, 2.24) is 5.32 Å². The Labute approximate surface area is 192 Å². The van der Waals surface area contributed by atoms with E-state index in [1.807, 2.05) is 60.4 Å². The minimum atomic E-state index is -0.538. The fourth-order valence-electron chi connectivity index (χ4n) is 3.77. The zero-order chi connectivity index (χ0) is 21.8. The van der Waals surface area contributed by atoms with Gasteiger partial charge in [-0.2, -0.15) is 0 Å². The Morgan fingerprint density at radius 3 is 2.26 bits per heavy atom. The first-order chi connectivity index (χ1) is 15.0. The molecule has 3 aromatic carbocycles. The molecule has 1 saturated heterocycles. The Morgan fingerprint density at radius 1 is 0.935 bits per heavy atom. The van der Waals surface area contributed by atoms with Gasteiger partial charge in [-0.1, -0.05) is 53.5 Å². The highest BCUT2D eigenvalue weighted by atomic mass is 35.5. The molecule has 1 N–H and O–H groups in total. The number of carbonyl (C=O) groups excluding carboxylic acids is 1. The van der Waals surface area contributed by atoms with Crippen LogP contribution in [-0.4, -0.2) is 31.1 Å². The highest BCUT2D eigenvalue weighted by Gasteiger charge is 2.50. The van der Waals surface area contributed by atoms with Gasteiger partial charge in [-0.3, -0.25) is 4.79 Å². The van der Waals surface area contributed by atoms with Crippen LogP contribution in [0.25, 0.3) is 0 Å². The van der Waals surface area contributed by atoms with E-state index >= 15 is 0 Å². The van der Waals surface area contributed by atoms with Crippen molar-refractivity contribution in [2.45, 2.75) is 25.5 Å². The van der Waals surface area contributed by atoms with Crippen LogP contribution in [0, 0.1) is 6.92 Å². The molecule has 1 aliphatic rings. The third-order valence-corrected chi connectivity index (χ3v) is 5.97. The number of para-hydroxylation sites is 1. The number of anilines is 1. The smallest absolute Gasteiger partial charge is 0.270 e. The summed E-state index contributed by atoms with van der Waals surface area (Å²) in [6.07, 6.45) is 0.342. The number of benzene rings is 3. The largest absolute Gasteiger partial charge is 0.478 e. The molecule has 0 spiro atoms. The number of carbonyl (C=O) groups is 1. The third-order valence-electron chi connectivity index (χ3n) is 5.47. The molecule has 1 heterocycles. The molecule has 0 bridgehead atoms. The first-order valence-corrected chi connectivity index (χ1v) is 11.0. The van der Waals surface area contributed by atoms with Crippen LogP contribution < -0.4 is 15.0 Å². The van der Waals surface area contributed by atoms with Gasteiger partial charge in [0.15, 0.2) is 6.10 Å². The Hall–Kier alpha value is -2.53.